The zero-order chi connectivity index (χ0) is 12.2. The average molecular weight is 307 g/mol. The molecule has 0 saturated heterocycles. The second kappa shape index (κ2) is 5.89. The summed E-state index contributed by atoms with van der Waals surface area (Å²) in [6, 6.07) is 5.56. The lowest BCUT2D eigenvalue weighted by Crippen LogP contribution is -2.35. The molecule has 1 rings (SSSR count). The highest BCUT2D eigenvalue weighted by Gasteiger charge is 2.21. The summed E-state index contributed by atoms with van der Waals surface area (Å²) in [4.78, 5) is 0. The molecule has 0 aliphatic carbocycles. The Morgan fingerprint density at radius 2 is 2.00 bits per heavy atom. The van der Waals surface area contributed by atoms with Gasteiger partial charge in [0.25, 0.3) is 0 Å². The van der Waals surface area contributed by atoms with E-state index in [1.54, 1.807) is 0 Å². The highest BCUT2D eigenvalue weighted by Crippen LogP contribution is 2.27. The molecule has 2 nitrogen and oxygen atoms in total. The van der Waals surface area contributed by atoms with Crippen LogP contribution in [0.3, 0.4) is 0 Å². The fraction of sp³-hybridized carbons (Fsp3) is 0.500. The van der Waals surface area contributed by atoms with Crippen LogP contribution in [0.1, 0.15) is 26.7 Å². The van der Waals surface area contributed by atoms with Gasteiger partial charge in [-0.25, -0.2) is 0 Å². The lowest BCUT2D eigenvalue weighted by atomic mass is 9.97. The van der Waals surface area contributed by atoms with Gasteiger partial charge in [0.05, 0.1) is 5.60 Å². The first-order valence-corrected chi connectivity index (χ1v) is 6.59. The first-order chi connectivity index (χ1) is 7.50. The van der Waals surface area contributed by atoms with Gasteiger partial charge in [-0.3, -0.25) is 0 Å². The molecule has 0 radical (unpaired) electrons. The lowest BCUT2D eigenvalue weighted by molar-refractivity contribution is 0.0457. The van der Waals surface area contributed by atoms with Crippen molar-refractivity contribution < 1.29 is 5.11 Å². The Balaban J connectivity index is 2.67. The first kappa shape index (κ1) is 13.8. The fourth-order valence-corrected chi connectivity index (χ4v) is 2.22. The number of rotatable bonds is 5. The van der Waals surface area contributed by atoms with Crippen LogP contribution in [0.15, 0.2) is 22.7 Å². The number of benzene rings is 1. The van der Waals surface area contributed by atoms with E-state index in [4.69, 9.17) is 11.6 Å². The van der Waals surface area contributed by atoms with Crippen molar-refractivity contribution in [1.82, 2.24) is 0 Å². The van der Waals surface area contributed by atoms with Gasteiger partial charge in [0.2, 0.25) is 0 Å². The van der Waals surface area contributed by atoms with Crippen LogP contribution in [0.4, 0.5) is 5.69 Å². The van der Waals surface area contributed by atoms with Gasteiger partial charge in [-0.05, 0) is 47.0 Å². The highest BCUT2D eigenvalue weighted by atomic mass is 79.9. The van der Waals surface area contributed by atoms with Crippen molar-refractivity contribution in [3.63, 3.8) is 0 Å². The molecule has 4 heteroatoms. The van der Waals surface area contributed by atoms with Crippen LogP contribution in [0.2, 0.25) is 5.02 Å². The van der Waals surface area contributed by atoms with Gasteiger partial charge in [-0.15, -0.1) is 0 Å². The highest BCUT2D eigenvalue weighted by molar-refractivity contribution is 9.10. The summed E-state index contributed by atoms with van der Waals surface area (Å²) < 4.78 is 0.912. The van der Waals surface area contributed by atoms with E-state index in [1.165, 1.54) is 0 Å². The summed E-state index contributed by atoms with van der Waals surface area (Å²) in [5.74, 6) is 0. The van der Waals surface area contributed by atoms with Crippen LogP contribution in [0.25, 0.3) is 0 Å². The monoisotopic (exact) mass is 305 g/mol. The van der Waals surface area contributed by atoms with Crippen molar-refractivity contribution in [3.05, 3.63) is 27.7 Å². The molecule has 16 heavy (non-hydrogen) atoms. The molecule has 0 unspecified atom stereocenters. The Morgan fingerprint density at radius 3 is 2.50 bits per heavy atom. The van der Waals surface area contributed by atoms with E-state index in [0.717, 1.165) is 23.0 Å². The molecular formula is C12H17BrClNO. The molecule has 0 aromatic heterocycles. The normalized spacial score (nSPS) is 11.6. The number of hydrogen-bond acceptors (Lipinski definition) is 2. The van der Waals surface area contributed by atoms with E-state index in [1.807, 2.05) is 32.0 Å². The van der Waals surface area contributed by atoms with Crippen molar-refractivity contribution in [2.24, 2.45) is 0 Å². The van der Waals surface area contributed by atoms with Gasteiger partial charge in [0.1, 0.15) is 0 Å². The Hall–Kier alpha value is -0.250. The molecule has 1 aromatic rings. The zero-order valence-electron chi connectivity index (χ0n) is 9.56. The molecule has 0 fully saturated rings. The molecule has 1 aromatic carbocycles. The summed E-state index contributed by atoms with van der Waals surface area (Å²) >= 11 is 9.28. The molecule has 0 heterocycles. The van der Waals surface area contributed by atoms with E-state index < -0.39 is 5.60 Å². The summed E-state index contributed by atoms with van der Waals surface area (Å²) in [7, 11) is 0. The van der Waals surface area contributed by atoms with Gasteiger partial charge < -0.3 is 10.4 Å². The maximum atomic E-state index is 10.1. The van der Waals surface area contributed by atoms with Crippen LogP contribution < -0.4 is 5.32 Å². The second-order valence-corrected chi connectivity index (χ2v) is 5.20. The van der Waals surface area contributed by atoms with Crippen LogP contribution in [0, 0.1) is 0 Å². The minimum absolute atomic E-state index is 0.542. The molecule has 0 bridgehead atoms. The van der Waals surface area contributed by atoms with Gasteiger partial charge in [-0.2, -0.15) is 0 Å². The lowest BCUT2D eigenvalue weighted by Gasteiger charge is -2.26. The van der Waals surface area contributed by atoms with E-state index in [0.29, 0.717) is 11.6 Å². The van der Waals surface area contributed by atoms with Crippen molar-refractivity contribution in [1.29, 1.82) is 0 Å². The largest absolute Gasteiger partial charge is 0.388 e. The van der Waals surface area contributed by atoms with Gasteiger partial charge in [0.15, 0.2) is 0 Å². The molecule has 2 N–H and O–H groups in total. The van der Waals surface area contributed by atoms with Crippen molar-refractivity contribution in [2.45, 2.75) is 32.3 Å². The van der Waals surface area contributed by atoms with Crippen molar-refractivity contribution in [3.8, 4) is 0 Å². The van der Waals surface area contributed by atoms with Crippen molar-refractivity contribution >= 4 is 33.2 Å². The van der Waals surface area contributed by atoms with Crippen LogP contribution in [-0.4, -0.2) is 17.3 Å². The number of hydrogen-bond donors (Lipinski definition) is 2. The number of halogens is 2. The Bertz CT molecular complexity index is 353. The topological polar surface area (TPSA) is 32.3 Å². The summed E-state index contributed by atoms with van der Waals surface area (Å²) in [5, 5.41) is 14.1. The predicted molar refractivity (Wildman–Crippen MR) is 73.2 cm³/mol. The van der Waals surface area contributed by atoms with E-state index in [2.05, 4.69) is 21.2 Å². The third-order valence-corrected chi connectivity index (χ3v) is 3.75. The molecule has 0 spiro atoms. The molecule has 0 atom stereocenters. The quantitative estimate of drug-likeness (QED) is 0.859. The van der Waals surface area contributed by atoms with Gasteiger partial charge in [0, 0.05) is 21.7 Å². The number of nitrogens with one attached hydrogen (secondary N) is 1. The molecular weight excluding hydrogens is 289 g/mol. The SMILES string of the molecule is CCC(O)(CC)CNc1ccc(Cl)cc1Br. The smallest absolute Gasteiger partial charge is 0.0814 e. The third kappa shape index (κ3) is 3.65. The first-order valence-electron chi connectivity index (χ1n) is 5.42. The Labute approximate surface area is 110 Å². The third-order valence-electron chi connectivity index (χ3n) is 2.86. The van der Waals surface area contributed by atoms with E-state index in [-0.39, 0.29) is 0 Å². The van der Waals surface area contributed by atoms with Gasteiger partial charge in [-0.1, -0.05) is 25.4 Å². The van der Waals surface area contributed by atoms with Crippen molar-refractivity contribution in [2.75, 3.05) is 11.9 Å². The second-order valence-electron chi connectivity index (χ2n) is 3.91. The maximum Gasteiger partial charge on any atom is 0.0814 e. The van der Waals surface area contributed by atoms with E-state index >= 15 is 0 Å². The van der Waals surface area contributed by atoms with Crippen LogP contribution >= 0.6 is 27.5 Å². The number of aliphatic hydroxyl groups is 1. The maximum absolute atomic E-state index is 10.1. The average Bonchev–Trinajstić information content (AvgIpc) is 2.27. The molecule has 0 saturated carbocycles. The van der Waals surface area contributed by atoms with Crippen LogP contribution in [-0.2, 0) is 0 Å². The van der Waals surface area contributed by atoms with Gasteiger partial charge >= 0.3 is 0 Å². The number of anilines is 1. The molecule has 90 valence electrons. The van der Waals surface area contributed by atoms with Crippen LogP contribution in [0.5, 0.6) is 0 Å². The predicted octanol–water partition coefficient (Wildman–Crippen LogP) is 4.07. The fourth-order valence-electron chi connectivity index (χ4n) is 1.39. The summed E-state index contributed by atoms with van der Waals surface area (Å²) in [6.07, 6.45) is 1.48. The zero-order valence-corrected chi connectivity index (χ0v) is 11.9. The molecule has 0 aliphatic heterocycles. The van der Waals surface area contributed by atoms with E-state index in [9.17, 15) is 5.11 Å². The Morgan fingerprint density at radius 1 is 1.38 bits per heavy atom. The molecule has 0 amide bonds. The molecule has 0 aliphatic rings. The summed E-state index contributed by atoms with van der Waals surface area (Å²) in [6.45, 7) is 4.52. The minimum atomic E-state index is -0.640. The Kier molecular flexibility index (Phi) is 5.09. The minimum Gasteiger partial charge on any atom is -0.388 e. The summed E-state index contributed by atoms with van der Waals surface area (Å²) in [5.41, 5.74) is 0.309. The standard InChI is InChI=1S/C12H17BrClNO/c1-3-12(16,4-2)8-15-11-6-5-9(14)7-10(11)13/h5-7,15-16H,3-4,8H2,1-2H3.